The van der Waals surface area contributed by atoms with E-state index in [1.165, 1.54) is 5.56 Å². The molecule has 1 aromatic carbocycles. The van der Waals surface area contributed by atoms with E-state index in [4.69, 9.17) is 0 Å². The highest BCUT2D eigenvalue weighted by Crippen LogP contribution is 2.18. The largest absolute Gasteiger partial charge is 0.480 e. The predicted octanol–water partition coefficient (Wildman–Crippen LogP) is 9.32. The van der Waals surface area contributed by atoms with Gasteiger partial charge in [0.25, 0.3) is 0 Å². The summed E-state index contributed by atoms with van der Waals surface area (Å²) in [6, 6.07) is 7.01. The van der Waals surface area contributed by atoms with Crippen LogP contribution in [0, 0.1) is 5.92 Å². The molecule has 0 bridgehead atoms. The molecular weight excluding hydrogens is 584 g/mol. The fourth-order valence-electron chi connectivity index (χ4n) is 4.76. The minimum absolute atomic E-state index is 0.0131. The lowest BCUT2D eigenvalue weighted by Gasteiger charge is -2.18. The lowest BCUT2D eigenvalue weighted by Crippen LogP contribution is -2.42. The Labute approximate surface area is 284 Å². The number of carbonyl (C=O) groups excluding carboxylic acids is 2. The SMILES string of the molecule is CC/C=C\C/C=C\C/C=C\C/C=C\C/C=C\C/C=C\CCC(=O)NCCCC[C@H](NC(=O)C(C)c1ccc(CC(C)C)cc1)C(=O)O. The van der Waals surface area contributed by atoms with Crippen LogP contribution in [-0.4, -0.2) is 35.5 Å². The molecule has 0 spiro atoms. The van der Waals surface area contributed by atoms with E-state index in [1.54, 1.807) is 6.92 Å². The zero-order valence-corrected chi connectivity index (χ0v) is 29.3. The van der Waals surface area contributed by atoms with E-state index in [2.05, 4.69) is 98.2 Å². The van der Waals surface area contributed by atoms with Gasteiger partial charge in [0.2, 0.25) is 11.8 Å². The van der Waals surface area contributed by atoms with Crippen LogP contribution in [0.2, 0.25) is 0 Å². The lowest BCUT2D eigenvalue weighted by atomic mass is 9.96. The second kappa shape index (κ2) is 27.2. The Morgan fingerprint density at radius 2 is 1.23 bits per heavy atom. The molecule has 0 aliphatic rings. The van der Waals surface area contributed by atoms with Crippen molar-refractivity contribution in [3.8, 4) is 0 Å². The van der Waals surface area contributed by atoms with Crippen LogP contribution in [0.15, 0.2) is 97.2 Å². The Balaban J connectivity index is 2.15. The van der Waals surface area contributed by atoms with Gasteiger partial charge in [0.1, 0.15) is 6.04 Å². The third-order valence-electron chi connectivity index (χ3n) is 7.51. The molecule has 0 radical (unpaired) electrons. The standard InChI is InChI=1S/C41H60N2O4/c1-5-6-7-8-9-10-11-12-13-14-15-16-17-18-19-20-21-22-23-27-39(44)42-32-25-24-26-38(41(46)47)43-40(45)35(4)37-30-28-36(29-31-37)33-34(2)3/h6-7,9-10,12-13,15-16,18-19,21-22,28-31,34-35,38H,5,8,11,14,17,20,23-27,32-33H2,1-4H3,(H,42,44)(H,43,45)(H,46,47)/b7-6-,10-9-,13-12-,16-15-,19-18-,22-21-/t35?,38-/m0/s1. The number of carbonyl (C=O) groups is 3. The maximum absolute atomic E-state index is 12.8. The average Bonchev–Trinajstić information content (AvgIpc) is 3.04. The second-order valence-electron chi connectivity index (χ2n) is 12.3. The monoisotopic (exact) mass is 644 g/mol. The van der Waals surface area contributed by atoms with E-state index in [0.29, 0.717) is 44.6 Å². The van der Waals surface area contributed by atoms with E-state index >= 15 is 0 Å². The van der Waals surface area contributed by atoms with Gasteiger partial charge in [0.15, 0.2) is 0 Å². The van der Waals surface area contributed by atoms with Crippen LogP contribution in [0.25, 0.3) is 0 Å². The predicted molar refractivity (Wildman–Crippen MR) is 197 cm³/mol. The number of hydrogen-bond donors (Lipinski definition) is 3. The van der Waals surface area contributed by atoms with Crippen molar-refractivity contribution in [1.82, 2.24) is 10.6 Å². The van der Waals surface area contributed by atoms with Crippen molar-refractivity contribution in [2.75, 3.05) is 6.54 Å². The van der Waals surface area contributed by atoms with Gasteiger partial charge in [0.05, 0.1) is 5.92 Å². The molecule has 3 N–H and O–H groups in total. The van der Waals surface area contributed by atoms with Crippen LogP contribution in [0.4, 0.5) is 0 Å². The summed E-state index contributed by atoms with van der Waals surface area (Å²) in [5, 5.41) is 15.2. The van der Waals surface area contributed by atoms with E-state index < -0.39 is 17.9 Å². The first kappa shape index (κ1) is 41.1. The highest BCUT2D eigenvalue weighted by Gasteiger charge is 2.23. The summed E-state index contributed by atoms with van der Waals surface area (Å²) in [7, 11) is 0. The van der Waals surface area contributed by atoms with E-state index in [1.807, 2.05) is 30.3 Å². The molecule has 6 nitrogen and oxygen atoms in total. The van der Waals surface area contributed by atoms with Gasteiger partial charge in [-0.2, -0.15) is 0 Å². The molecule has 47 heavy (non-hydrogen) atoms. The highest BCUT2D eigenvalue weighted by molar-refractivity contribution is 5.87. The quantitative estimate of drug-likeness (QED) is 0.0730. The van der Waals surface area contributed by atoms with Crippen molar-refractivity contribution in [1.29, 1.82) is 0 Å². The number of benzene rings is 1. The average molecular weight is 645 g/mol. The zero-order valence-electron chi connectivity index (χ0n) is 29.3. The van der Waals surface area contributed by atoms with E-state index in [-0.39, 0.29) is 11.8 Å². The van der Waals surface area contributed by atoms with Gasteiger partial charge in [-0.15, -0.1) is 0 Å². The number of aliphatic carboxylic acids is 1. The lowest BCUT2D eigenvalue weighted by molar-refractivity contribution is -0.142. The van der Waals surface area contributed by atoms with Crippen molar-refractivity contribution in [3.63, 3.8) is 0 Å². The van der Waals surface area contributed by atoms with Crippen molar-refractivity contribution in [2.24, 2.45) is 5.92 Å². The third-order valence-corrected chi connectivity index (χ3v) is 7.51. The van der Waals surface area contributed by atoms with Gasteiger partial charge < -0.3 is 15.7 Å². The smallest absolute Gasteiger partial charge is 0.326 e. The fourth-order valence-corrected chi connectivity index (χ4v) is 4.76. The van der Waals surface area contributed by atoms with Crippen LogP contribution in [-0.2, 0) is 20.8 Å². The van der Waals surface area contributed by atoms with Gasteiger partial charge in [-0.3, -0.25) is 9.59 Å². The summed E-state index contributed by atoms with van der Waals surface area (Å²) in [6.45, 7) is 8.76. The Hall–Kier alpha value is -3.93. The normalized spacial score (nSPS) is 13.6. The van der Waals surface area contributed by atoms with Gasteiger partial charge in [-0.05, 0) is 94.6 Å². The summed E-state index contributed by atoms with van der Waals surface area (Å²) in [5.41, 5.74) is 2.09. The molecule has 0 saturated carbocycles. The molecule has 0 aliphatic carbocycles. The first-order valence-electron chi connectivity index (χ1n) is 17.5. The Morgan fingerprint density at radius 3 is 1.72 bits per heavy atom. The molecule has 0 fully saturated rings. The zero-order chi connectivity index (χ0) is 34.5. The van der Waals surface area contributed by atoms with Crippen LogP contribution in [0.3, 0.4) is 0 Å². The van der Waals surface area contributed by atoms with E-state index in [9.17, 15) is 19.5 Å². The number of hydrogen-bond acceptors (Lipinski definition) is 3. The Morgan fingerprint density at radius 1 is 0.723 bits per heavy atom. The molecule has 1 aromatic rings. The van der Waals surface area contributed by atoms with Crippen molar-refractivity contribution in [3.05, 3.63) is 108 Å². The molecule has 2 atom stereocenters. The molecule has 0 aliphatic heterocycles. The minimum atomic E-state index is -1.04. The maximum atomic E-state index is 12.8. The number of carboxylic acid groups (broad SMARTS) is 1. The Bertz CT molecular complexity index is 1190. The topological polar surface area (TPSA) is 95.5 Å². The number of unbranched alkanes of at least 4 members (excludes halogenated alkanes) is 1. The second-order valence-corrected chi connectivity index (χ2v) is 12.3. The Kier molecular flexibility index (Phi) is 23.8. The van der Waals surface area contributed by atoms with Crippen LogP contribution >= 0.6 is 0 Å². The van der Waals surface area contributed by atoms with Crippen molar-refractivity contribution >= 4 is 17.8 Å². The molecular formula is C41H60N2O4. The first-order chi connectivity index (χ1) is 22.7. The summed E-state index contributed by atoms with van der Waals surface area (Å²) >= 11 is 0. The van der Waals surface area contributed by atoms with Crippen LogP contribution in [0.5, 0.6) is 0 Å². The molecule has 1 rings (SSSR count). The number of rotatable bonds is 25. The molecule has 0 heterocycles. The summed E-state index contributed by atoms with van der Waals surface area (Å²) < 4.78 is 0. The number of allylic oxidation sites excluding steroid dienone is 12. The molecule has 0 saturated heterocycles. The minimum Gasteiger partial charge on any atom is -0.480 e. The van der Waals surface area contributed by atoms with Crippen molar-refractivity contribution in [2.45, 2.75) is 117 Å². The molecule has 0 aromatic heterocycles. The van der Waals surface area contributed by atoms with Crippen molar-refractivity contribution < 1.29 is 19.5 Å². The summed E-state index contributed by atoms with van der Waals surface area (Å²) in [4.78, 5) is 36.6. The third kappa shape index (κ3) is 22.3. The number of carboxylic acids is 1. The van der Waals surface area contributed by atoms with Crippen LogP contribution in [0.1, 0.15) is 115 Å². The van der Waals surface area contributed by atoms with Gasteiger partial charge in [0, 0.05) is 13.0 Å². The molecule has 6 heteroatoms. The van der Waals surface area contributed by atoms with E-state index in [0.717, 1.165) is 50.5 Å². The molecule has 2 amide bonds. The number of nitrogens with one attached hydrogen (secondary N) is 2. The van der Waals surface area contributed by atoms with Gasteiger partial charge in [-0.1, -0.05) is 118 Å². The first-order valence-corrected chi connectivity index (χ1v) is 17.5. The maximum Gasteiger partial charge on any atom is 0.326 e. The number of amides is 2. The molecule has 1 unspecified atom stereocenters. The molecule has 258 valence electrons. The fraction of sp³-hybridized carbons (Fsp3) is 0.488. The van der Waals surface area contributed by atoms with Crippen LogP contribution < -0.4 is 10.6 Å². The summed E-state index contributed by atoms with van der Waals surface area (Å²) in [6.07, 6.45) is 35.4. The van der Waals surface area contributed by atoms with Gasteiger partial charge >= 0.3 is 5.97 Å². The highest BCUT2D eigenvalue weighted by atomic mass is 16.4. The summed E-state index contributed by atoms with van der Waals surface area (Å²) in [5.74, 6) is -1.24. The van der Waals surface area contributed by atoms with Gasteiger partial charge in [-0.25, -0.2) is 4.79 Å².